The average molecular weight is 328 g/mol. The number of Topliss-reactive ketones (excluding diaryl/α,β-unsaturated/α-hetero) is 1. The lowest BCUT2D eigenvalue weighted by Gasteiger charge is -2.35. The van der Waals surface area contributed by atoms with Gasteiger partial charge in [0.1, 0.15) is 0 Å². The summed E-state index contributed by atoms with van der Waals surface area (Å²) in [6, 6.07) is 0. The molecule has 2 saturated carbocycles. The smallest absolute Gasteiger partial charge is 0.265 e. The van der Waals surface area contributed by atoms with E-state index >= 15 is 0 Å². The Hall–Kier alpha value is 0.0200. The molecule has 0 spiro atoms. The first-order chi connectivity index (χ1) is 7.12. The Morgan fingerprint density at radius 1 is 1.47 bits per heavy atom. The first kappa shape index (κ1) is 15.1. The summed E-state index contributed by atoms with van der Waals surface area (Å²) >= 11 is 3.35. The predicted molar refractivity (Wildman–Crippen MR) is 68.1 cm³/mol. The van der Waals surface area contributed by atoms with Crippen LogP contribution in [0.25, 0.3) is 0 Å². The minimum Gasteiger partial charge on any atom is -0.344 e. The SMILES string of the molecule is CC1(CS(=O)(=O)O)C2CC[C@@]1(C)C(=O)C2Br.N. The molecule has 5 nitrogen and oxygen atoms in total. The molecule has 0 aliphatic heterocycles. The van der Waals surface area contributed by atoms with E-state index in [1.807, 2.05) is 6.92 Å². The lowest BCUT2D eigenvalue weighted by Crippen LogP contribution is -2.40. The van der Waals surface area contributed by atoms with Crippen molar-refractivity contribution in [1.82, 2.24) is 6.15 Å². The lowest BCUT2D eigenvalue weighted by molar-refractivity contribution is -0.127. The van der Waals surface area contributed by atoms with Crippen molar-refractivity contribution in [2.75, 3.05) is 5.75 Å². The van der Waals surface area contributed by atoms with Gasteiger partial charge in [0.2, 0.25) is 0 Å². The van der Waals surface area contributed by atoms with Gasteiger partial charge in [0.25, 0.3) is 10.1 Å². The summed E-state index contributed by atoms with van der Waals surface area (Å²) in [7, 11) is -4.05. The molecule has 100 valence electrons. The van der Waals surface area contributed by atoms with E-state index < -0.39 is 20.9 Å². The van der Waals surface area contributed by atoms with Gasteiger partial charge in [0, 0.05) is 10.8 Å². The number of carbonyl (C=O) groups excluding carboxylic acids is 1. The van der Waals surface area contributed by atoms with Crippen molar-refractivity contribution in [1.29, 1.82) is 0 Å². The Bertz CT molecular complexity index is 451. The highest BCUT2D eigenvalue weighted by molar-refractivity contribution is 9.10. The van der Waals surface area contributed by atoms with E-state index in [0.717, 1.165) is 6.42 Å². The summed E-state index contributed by atoms with van der Waals surface area (Å²) in [6.07, 6.45) is 1.55. The standard InChI is InChI=1S/C10H15BrO4S.H3N/c1-9-4-3-6(7(11)8(9)12)10(9,2)5-16(13,14)15;/h6-7H,3-5H2,1-2H3,(H,13,14,15);1H3/t6?,7?,9-,10?;/m0./s1. The van der Waals surface area contributed by atoms with Crippen molar-refractivity contribution < 1.29 is 17.8 Å². The zero-order valence-electron chi connectivity index (χ0n) is 9.94. The molecule has 0 heterocycles. The van der Waals surface area contributed by atoms with E-state index in [2.05, 4.69) is 15.9 Å². The molecule has 17 heavy (non-hydrogen) atoms. The van der Waals surface area contributed by atoms with Gasteiger partial charge in [-0.25, -0.2) is 0 Å². The van der Waals surface area contributed by atoms with Crippen LogP contribution in [0, 0.1) is 16.7 Å². The van der Waals surface area contributed by atoms with Crippen molar-refractivity contribution in [3.63, 3.8) is 0 Å². The molecule has 4 N–H and O–H groups in total. The summed E-state index contributed by atoms with van der Waals surface area (Å²) in [5.41, 5.74) is -1.27. The van der Waals surface area contributed by atoms with E-state index in [0.29, 0.717) is 6.42 Å². The molecule has 2 fully saturated rings. The van der Waals surface area contributed by atoms with Crippen LogP contribution in [-0.4, -0.2) is 29.3 Å². The van der Waals surface area contributed by atoms with Crippen molar-refractivity contribution >= 4 is 31.8 Å². The number of carbonyl (C=O) groups is 1. The van der Waals surface area contributed by atoms with Crippen LogP contribution in [0.4, 0.5) is 0 Å². The van der Waals surface area contributed by atoms with Gasteiger partial charge in [-0.15, -0.1) is 0 Å². The van der Waals surface area contributed by atoms with Gasteiger partial charge in [-0.3, -0.25) is 9.35 Å². The third kappa shape index (κ3) is 1.87. The monoisotopic (exact) mass is 327 g/mol. The van der Waals surface area contributed by atoms with Gasteiger partial charge in [-0.2, -0.15) is 8.42 Å². The van der Waals surface area contributed by atoms with Crippen LogP contribution >= 0.6 is 15.9 Å². The third-order valence-corrected chi connectivity index (χ3v) is 6.68. The molecule has 0 aromatic carbocycles. The molecule has 2 rings (SSSR count). The number of ketones is 1. The number of hydrogen-bond donors (Lipinski definition) is 2. The molecule has 0 saturated heterocycles. The summed E-state index contributed by atoms with van der Waals surface area (Å²) in [5.74, 6) is -0.239. The molecule has 0 amide bonds. The molecule has 2 bridgehead atoms. The Labute approximate surface area is 110 Å². The van der Waals surface area contributed by atoms with Crippen LogP contribution in [0.3, 0.4) is 0 Å². The van der Waals surface area contributed by atoms with Crippen LogP contribution in [-0.2, 0) is 14.9 Å². The maximum absolute atomic E-state index is 12.1. The Morgan fingerprint density at radius 2 is 2.00 bits per heavy atom. The molecule has 3 unspecified atom stereocenters. The van der Waals surface area contributed by atoms with Crippen molar-refractivity contribution in [2.24, 2.45) is 16.7 Å². The highest BCUT2D eigenvalue weighted by atomic mass is 79.9. The number of rotatable bonds is 2. The van der Waals surface area contributed by atoms with Crippen LogP contribution in [0.2, 0.25) is 0 Å². The summed E-state index contributed by atoms with van der Waals surface area (Å²) < 4.78 is 31.2. The first-order valence-electron chi connectivity index (χ1n) is 5.25. The number of hydrogen-bond acceptors (Lipinski definition) is 4. The van der Waals surface area contributed by atoms with E-state index in [4.69, 9.17) is 4.55 Å². The molecule has 4 atom stereocenters. The van der Waals surface area contributed by atoms with Crippen molar-refractivity contribution in [3.8, 4) is 0 Å². The highest BCUT2D eigenvalue weighted by Gasteiger charge is 2.68. The largest absolute Gasteiger partial charge is 0.344 e. The maximum atomic E-state index is 12.1. The highest BCUT2D eigenvalue weighted by Crippen LogP contribution is 2.65. The number of alkyl halides is 1. The van der Waals surface area contributed by atoms with E-state index in [1.54, 1.807) is 6.92 Å². The molecule has 2 aliphatic rings. The van der Waals surface area contributed by atoms with Crippen LogP contribution in [0.15, 0.2) is 0 Å². The second-order valence-corrected chi connectivity index (χ2v) is 7.83. The zero-order valence-corrected chi connectivity index (χ0v) is 12.3. The third-order valence-electron chi connectivity index (χ3n) is 4.66. The Kier molecular flexibility index (Phi) is 3.56. The van der Waals surface area contributed by atoms with Crippen LogP contribution in [0.1, 0.15) is 26.7 Å². The van der Waals surface area contributed by atoms with E-state index in [-0.39, 0.29) is 28.4 Å². The topological polar surface area (TPSA) is 106 Å². The van der Waals surface area contributed by atoms with Gasteiger partial charge in [0.05, 0.1) is 10.6 Å². The van der Waals surface area contributed by atoms with Crippen LogP contribution < -0.4 is 6.15 Å². The molecule has 2 aliphatic carbocycles. The normalized spacial score (nSPS) is 44.8. The van der Waals surface area contributed by atoms with Gasteiger partial charge >= 0.3 is 0 Å². The summed E-state index contributed by atoms with van der Waals surface area (Å²) in [5, 5.41) is 0. The maximum Gasteiger partial charge on any atom is 0.265 e. The molecule has 0 radical (unpaired) electrons. The molecule has 0 aromatic heterocycles. The Morgan fingerprint density at radius 3 is 2.35 bits per heavy atom. The fourth-order valence-electron chi connectivity index (χ4n) is 3.46. The second-order valence-electron chi connectivity index (χ2n) is 5.39. The van der Waals surface area contributed by atoms with Gasteiger partial charge in [0.15, 0.2) is 5.78 Å². The van der Waals surface area contributed by atoms with Gasteiger partial charge < -0.3 is 6.15 Å². The lowest BCUT2D eigenvalue weighted by atomic mass is 9.70. The zero-order chi connectivity index (χ0) is 12.4. The van der Waals surface area contributed by atoms with Crippen LogP contribution in [0.5, 0.6) is 0 Å². The van der Waals surface area contributed by atoms with E-state index in [9.17, 15) is 13.2 Å². The van der Waals surface area contributed by atoms with Gasteiger partial charge in [-0.1, -0.05) is 29.8 Å². The van der Waals surface area contributed by atoms with E-state index in [1.165, 1.54) is 0 Å². The molecule has 0 aromatic rings. The summed E-state index contributed by atoms with van der Waals surface area (Å²) in [6.45, 7) is 3.62. The number of halogens is 1. The van der Waals surface area contributed by atoms with Crippen molar-refractivity contribution in [3.05, 3.63) is 0 Å². The van der Waals surface area contributed by atoms with Crippen molar-refractivity contribution in [2.45, 2.75) is 31.5 Å². The van der Waals surface area contributed by atoms with Gasteiger partial charge in [-0.05, 0) is 18.8 Å². The summed E-state index contributed by atoms with van der Waals surface area (Å²) in [4.78, 5) is 11.8. The first-order valence-corrected chi connectivity index (χ1v) is 7.78. The molecular weight excluding hydrogens is 310 g/mol. The molecular formula is C10H18BrNO4S. The fraction of sp³-hybridized carbons (Fsp3) is 0.900. The Balaban J connectivity index is 0.00000144. The quantitative estimate of drug-likeness (QED) is 0.594. The fourth-order valence-corrected chi connectivity index (χ4v) is 6.11. The second kappa shape index (κ2) is 4.01. The predicted octanol–water partition coefficient (Wildman–Crippen LogP) is 1.80. The minimum absolute atomic E-state index is 0. The molecule has 7 heteroatoms. The average Bonchev–Trinajstić information content (AvgIpc) is 2.40. The minimum atomic E-state index is -4.05. The number of fused-ring (bicyclic) bond motifs is 2.